The van der Waals surface area contributed by atoms with Crippen LogP contribution in [0.3, 0.4) is 0 Å². The lowest BCUT2D eigenvalue weighted by atomic mass is 10.0. The minimum absolute atomic E-state index is 0.0403. The molecule has 0 unspecified atom stereocenters. The third-order valence-corrected chi connectivity index (χ3v) is 4.19. The average molecular weight is 383 g/mol. The summed E-state index contributed by atoms with van der Waals surface area (Å²) in [6, 6.07) is 16.4. The van der Waals surface area contributed by atoms with Crippen LogP contribution in [0.1, 0.15) is 42.1 Å². The number of ether oxygens (including phenoxy) is 2. The summed E-state index contributed by atoms with van der Waals surface area (Å²) < 4.78 is 10.2. The maximum absolute atomic E-state index is 11.8. The Labute approximate surface area is 164 Å². The molecular formula is C22H25NO5. The van der Waals surface area contributed by atoms with Crippen LogP contribution in [0, 0.1) is 0 Å². The second-order valence-electron chi connectivity index (χ2n) is 6.37. The van der Waals surface area contributed by atoms with Crippen LogP contribution in [-0.2, 0) is 14.3 Å². The van der Waals surface area contributed by atoms with Crippen LogP contribution in [0.4, 0.5) is 0 Å². The fourth-order valence-electron chi connectivity index (χ4n) is 2.49. The minimum atomic E-state index is -0.639. The van der Waals surface area contributed by atoms with Gasteiger partial charge in [-0.05, 0) is 35.7 Å². The number of nitrogens with one attached hydrogen (secondary N) is 1. The number of rotatable bonds is 10. The van der Waals surface area contributed by atoms with Crippen molar-refractivity contribution >= 4 is 17.7 Å². The number of Topliss-reactive ketones (excluding diaryl/α,β-unsaturated/α-hetero) is 1. The molecule has 2 rings (SSSR count). The second-order valence-corrected chi connectivity index (χ2v) is 6.37. The third kappa shape index (κ3) is 6.87. The van der Waals surface area contributed by atoms with Crippen molar-refractivity contribution in [3.63, 3.8) is 0 Å². The first-order valence-corrected chi connectivity index (χ1v) is 9.23. The normalized spacial score (nSPS) is 11.4. The van der Waals surface area contributed by atoms with Crippen LogP contribution in [0.2, 0.25) is 0 Å². The molecule has 1 amide bonds. The Morgan fingerprint density at radius 1 is 0.964 bits per heavy atom. The molecule has 0 aromatic heterocycles. The minimum Gasteiger partial charge on any atom is -0.482 e. The highest BCUT2D eigenvalue weighted by molar-refractivity contribution is 5.95. The molecule has 0 saturated heterocycles. The molecule has 6 nitrogen and oxygen atoms in total. The van der Waals surface area contributed by atoms with E-state index < -0.39 is 5.97 Å². The summed E-state index contributed by atoms with van der Waals surface area (Å²) in [7, 11) is 0. The highest BCUT2D eigenvalue weighted by atomic mass is 16.6. The summed E-state index contributed by atoms with van der Waals surface area (Å²) in [5.41, 5.74) is 1.72. The van der Waals surface area contributed by atoms with Gasteiger partial charge in [-0.2, -0.15) is 0 Å². The predicted molar refractivity (Wildman–Crippen MR) is 105 cm³/mol. The molecule has 1 atom stereocenters. The zero-order valence-electron chi connectivity index (χ0n) is 16.1. The number of carbonyl (C=O) groups excluding carboxylic acids is 3. The molecule has 0 heterocycles. The molecule has 6 heteroatoms. The molecule has 28 heavy (non-hydrogen) atoms. The van der Waals surface area contributed by atoms with Crippen molar-refractivity contribution in [3.8, 4) is 5.75 Å². The fourth-order valence-corrected chi connectivity index (χ4v) is 2.49. The lowest BCUT2D eigenvalue weighted by molar-refractivity contribution is -0.150. The number of amides is 1. The van der Waals surface area contributed by atoms with Gasteiger partial charge in [-0.15, -0.1) is 0 Å². The number of carbonyl (C=O) groups is 3. The van der Waals surface area contributed by atoms with Crippen molar-refractivity contribution in [3.05, 3.63) is 65.7 Å². The molecule has 0 bridgehead atoms. The number of ketones is 1. The summed E-state index contributed by atoms with van der Waals surface area (Å²) >= 11 is 0. The maximum Gasteiger partial charge on any atom is 0.344 e. The first-order chi connectivity index (χ1) is 13.5. The van der Waals surface area contributed by atoms with Crippen LogP contribution in [0.15, 0.2) is 54.6 Å². The summed E-state index contributed by atoms with van der Waals surface area (Å²) in [5.74, 6) is -0.352. The fraction of sp³-hybridized carbons (Fsp3) is 0.318. The number of esters is 1. The van der Waals surface area contributed by atoms with Gasteiger partial charge >= 0.3 is 5.97 Å². The Morgan fingerprint density at radius 3 is 2.29 bits per heavy atom. The molecule has 1 N–H and O–H groups in total. The van der Waals surface area contributed by atoms with Crippen LogP contribution in [0.25, 0.3) is 0 Å². The van der Waals surface area contributed by atoms with Gasteiger partial charge < -0.3 is 14.8 Å². The number of hydrogen-bond donors (Lipinski definition) is 1. The van der Waals surface area contributed by atoms with E-state index in [1.165, 1.54) is 0 Å². The van der Waals surface area contributed by atoms with Gasteiger partial charge in [0.05, 0.1) is 0 Å². The molecule has 2 aromatic carbocycles. The first-order valence-electron chi connectivity index (χ1n) is 9.23. The lowest BCUT2D eigenvalue weighted by Gasteiger charge is -2.13. The van der Waals surface area contributed by atoms with E-state index >= 15 is 0 Å². The molecule has 0 aliphatic rings. The van der Waals surface area contributed by atoms with Crippen LogP contribution >= 0.6 is 0 Å². The highest BCUT2D eigenvalue weighted by Crippen LogP contribution is 2.14. The Balaban J connectivity index is 1.66. The Hall–Kier alpha value is -3.15. The molecule has 2 aromatic rings. The van der Waals surface area contributed by atoms with Gasteiger partial charge in [0, 0.05) is 18.5 Å². The van der Waals surface area contributed by atoms with Crippen LogP contribution in [0.5, 0.6) is 5.75 Å². The largest absolute Gasteiger partial charge is 0.482 e. The quantitative estimate of drug-likeness (QED) is 0.504. The van der Waals surface area contributed by atoms with Gasteiger partial charge in [0.15, 0.2) is 19.0 Å². The Bertz CT molecular complexity index is 786. The van der Waals surface area contributed by atoms with E-state index in [1.54, 1.807) is 31.2 Å². The molecule has 0 aliphatic heterocycles. The van der Waals surface area contributed by atoms with E-state index in [2.05, 4.69) is 5.32 Å². The van der Waals surface area contributed by atoms with E-state index in [0.717, 1.165) is 5.56 Å². The zero-order valence-corrected chi connectivity index (χ0v) is 16.1. The van der Waals surface area contributed by atoms with Gasteiger partial charge in [0.2, 0.25) is 0 Å². The highest BCUT2D eigenvalue weighted by Gasteiger charge is 2.11. The number of benzene rings is 2. The van der Waals surface area contributed by atoms with Gasteiger partial charge in [0.25, 0.3) is 5.91 Å². The van der Waals surface area contributed by atoms with Crippen molar-refractivity contribution in [2.45, 2.75) is 26.2 Å². The summed E-state index contributed by atoms with van der Waals surface area (Å²) in [5, 5.41) is 2.74. The van der Waals surface area contributed by atoms with E-state index in [4.69, 9.17) is 9.47 Å². The predicted octanol–water partition coefficient (Wildman–Crippen LogP) is 3.12. The van der Waals surface area contributed by atoms with Gasteiger partial charge in [0.1, 0.15) is 5.75 Å². The Kier molecular flexibility index (Phi) is 8.21. The molecular weight excluding hydrogens is 358 g/mol. The molecule has 0 aliphatic carbocycles. The van der Waals surface area contributed by atoms with Crippen LogP contribution in [-0.4, -0.2) is 37.4 Å². The van der Waals surface area contributed by atoms with Gasteiger partial charge in [-0.3, -0.25) is 9.59 Å². The Morgan fingerprint density at radius 2 is 1.64 bits per heavy atom. The number of hydrogen-bond acceptors (Lipinski definition) is 5. The molecule has 0 fully saturated rings. The SMILES string of the molecule is CCC(=O)c1ccc(OCC(=O)OCC(=O)NC[C@@H](C)c2ccccc2)cc1. The smallest absolute Gasteiger partial charge is 0.344 e. The zero-order chi connectivity index (χ0) is 20.4. The molecule has 148 valence electrons. The standard InChI is InChI=1S/C22H25NO5/c1-3-20(24)18-9-11-19(12-10-18)27-15-22(26)28-14-21(25)23-13-16(2)17-7-5-4-6-8-17/h4-12,16H,3,13-15H2,1-2H3,(H,23,25)/t16-/m1/s1. The van der Waals surface area contributed by atoms with Crippen molar-refractivity contribution < 1.29 is 23.9 Å². The summed E-state index contributed by atoms with van der Waals surface area (Å²) in [6.07, 6.45) is 0.429. The van der Waals surface area contributed by atoms with Gasteiger partial charge in [-0.25, -0.2) is 4.79 Å². The van der Waals surface area contributed by atoms with Crippen molar-refractivity contribution in [1.29, 1.82) is 0 Å². The monoisotopic (exact) mass is 383 g/mol. The molecule has 0 spiro atoms. The third-order valence-electron chi connectivity index (χ3n) is 4.19. The average Bonchev–Trinajstić information content (AvgIpc) is 2.74. The van der Waals surface area contributed by atoms with E-state index in [9.17, 15) is 14.4 Å². The van der Waals surface area contributed by atoms with Crippen LogP contribution < -0.4 is 10.1 Å². The first kappa shape index (κ1) is 21.2. The lowest BCUT2D eigenvalue weighted by Crippen LogP contribution is -2.32. The maximum atomic E-state index is 11.8. The van der Waals surface area contributed by atoms with Crippen molar-refractivity contribution in [2.75, 3.05) is 19.8 Å². The van der Waals surface area contributed by atoms with Gasteiger partial charge in [-0.1, -0.05) is 44.2 Å². The molecule has 0 saturated carbocycles. The van der Waals surface area contributed by atoms with Crippen molar-refractivity contribution in [1.82, 2.24) is 5.32 Å². The topological polar surface area (TPSA) is 81.7 Å². The second kappa shape index (κ2) is 10.9. The van der Waals surface area contributed by atoms with E-state index in [1.807, 2.05) is 37.3 Å². The molecule has 0 radical (unpaired) electrons. The van der Waals surface area contributed by atoms with E-state index in [0.29, 0.717) is 24.3 Å². The summed E-state index contributed by atoms with van der Waals surface area (Å²) in [4.78, 5) is 35.1. The van der Waals surface area contributed by atoms with Crippen molar-refractivity contribution in [2.24, 2.45) is 0 Å². The van der Waals surface area contributed by atoms with E-state index in [-0.39, 0.29) is 30.8 Å². The summed E-state index contributed by atoms with van der Waals surface area (Å²) in [6.45, 7) is 3.60.